The fourth-order valence-corrected chi connectivity index (χ4v) is 4.56. The van der Waals surface area contributed by atoms with Gasteiger partial charge >= 0.3 is 5.97 Å². The van der Waals surface area contributed by atoms with Crippen molar-refractivity contribution in [3.63, 3.8) is 0 Å². The molecule has 2 heterocycles. The molecule has 1 aliphatic carbocycles. The standard InChI is InChI=1S/C20H21NO6/c1-25-14-8-11-5-7-21-16(23)10-20(19(24)27-3)6-4-13(22)17(18(20)21)12(11)9-15(14)26-2/h8-9H,4-7,10H2,1-3H3/t20-/m1/s1. The van der Waals surface area contributed by atoms with E-state index in [1.54, 1.807) is 18.1 Å². The SMILES string of the molecule is COC(=O)[C@@]12CCC(=O)C3=C1N(CCc1cc(OC)c(OC)cc13)C(=O)C2. The lowest BCUT2D eigenvalue weighted by molar-refractivity contribution is -0.151. The third kappa shape index (κ3) is 2.30. The summed E-state index contributed by atoms with van der Waals surface area (Å²) in [6.45, 7) is 0.409. The Morgan fingerprint density at radius 3 is 2.44 bits per heavy atom. The van der Waals surface area contributed by atoms with Gasteiger partial charge in [-0.15, -0.1) is 0 Å². The van der Waals surface area contributed by atoms with E-state index in [-0.39, 0.29) is 24.5 Å². The summed E-state index contributed by atoms with van der Waals surface area (Å²) in [4.78, 5) is 40.0. The largest absolute Gasteiger partial charge is 0.493 e. The van der Waals surface area contributed by atoms with Crippen LogP contribution in [0.4, 0.5) is 0 Å². The number of benzene rings is 1. The summed E-state index contributed by atoms with van der Waals surface area (Å²) in [5.41, 5.74) is 1.46. The maximum Gasteiger partial charge on any atom is 0.318 e. The first-order chi connectivity index (χ1) is 13.0. The summed E-state index contributed by atoms with van der Waals surface area (Å²) < 4.78 is 15.8. The van der Waals surface area contributed by atoms with Crippen molar-refractivity contribution in [3.05, 3.63) is 29.0 Å². The van der Waals surface area contributed by atoms with E-state index in [0.29, 0.717) is 47.7 Å². The zero-order valence-corrected chi connectivity index (χ0v) is 15.6. The van der Waals surface area contributed by atoms with Gasteiger partial charge in [0.25, 0.3) is 0 Å². The van der Waals surface area contributed by atoms with Gasteiger partial charge in [0.05, 0.1) is 27.0 Å². The molecule has 0 bridgehead atoms. The van der Waals surface area contributed by atoms with E-state index < -0.39 is 11.4 Å². The Balaban J connectivity index is 2.03. The number of allylic oxidation sites excluding steroid dienone is 1. The van der Waals surface area contributed by atoms with Crippen molar-refractivity contribution in [2.75, 3.05) is 27.9 Å². The molecule has 2 aliphatic heterocycles. The number of Topliss-reactive ketones (excluding diaryl/α,β-unsaturated/α-hetero) is 1. The van der Waals surface area contributed by atoms with Crippen LogP contribution >= 0.6 is 0 Å². The lowest BCUT2D eigenvalue weighted by Crippen LogP contribution is -2.38. The number of ketones is 1. The van der Waals surface area contributed by atoms with Gasteiger partial charge in [0, 0.05) is 25.0 Å². The van der Waals surface area contributed by atoms with Gasteiger partial charge < -0.3 is 19.1 Å². The molecule has 0 unspecified atom stereocenters. The van der Waals surface area contributed by atoms with E-state index >= 15 is 0 Å². The van der Waals surface area contributed by atoms with Crippen molar-refractivity contribution >= 4 is 23.2 Å². The van der Waals surface area contributed by atoms with Gasteiger partial charge in [0.15, 0.2) is 17.3 Å². The zero-order chi connectivity index (χ0) is 19.3. The quantitative estimate of drug-likeness (QED) is 0.753. The van der Waals surface area contributed by atoms with Crippen LogP contribution in [0.5, 0.6) is 11.5 Å². The molecule has 0 spiro atoms. The number of esters is 1. The number of methoxy groups -OCH3 is 3. The van der Waals surface area contributed by atoms with Crippen molar-refractivity contribution in [2.45, 2.75) is 25.7 Å². The molecule has 7 nitrogen and oxygen atoms in total. The first-order valence-electron chi connectivity index (χ1n) is 8.89. The van der Waals surface area contributed by atoms with Crippen molar-refractivity contribution < 1.29 is 28.6 Å². The molecule has 1 saturated heterocycles. The first kappa shape index (κ1) is 17.6. The summed E-state index contributed by atoms with van der Waals surface area (Å²) in [5.74, 6) is 0.401. The lowest BCUT2D eigenvalue weighted by Gasteiger charge is -2.34. The third-order valence-corrected chi connectivity index (χ3v) is 5.83. The minimum atomic E-state index is -1.08. The molecule has 1 aromatic carbocycles. The van der Waals surface area contributed by atoms with E-state index in [0.717, 1.165) is 5.56 Å². The van der Waals surface area contributed by atoms with Crippen LogP contribution in [0.15, 0.2) is 17.8 Å². The van der Waals surface area contributed by atoms with Crippen LogP contribution < -0.4 is 9.47 Å². The maximum absolute atomic E-state index is 13.0. The molecule has 4 rings (SSSR count). The average molecular weight is 371 g/mol. The topological polar surface area (TPSA) is 82.1 Å². The van der Waals surface area contributed by atoms with Crippen LogP contribution in [0, 0.1) is 5.41 Å². The highest BCUT2D eigenvalue weighted by molar-refractivity contribution is 6.25. The van der Waals surface area contributed by atoms with Crippen LogP contribution in [-0.4, -0.2) is 50.4 Å². The van der Waals surface area contributed by atoms with E-state index in [1.165, 1.54) is 14.2 Å². The minimum Gasteiger partial charge on any atom is -0.493 e. The maximum atomic E-state index is 13.0. The predicted octanol–water partition coefficient (Wildman–Crippen LogP) is 1.73. The number of rotatable bonds is 3. The number of amides is 1. The van der Waals surface area contributed by atoms with Crippen LogP contribution in [0.1, 0.15) is 30.4 Å². The molecule has 1 fully saturated rings. The highest BCUT2D eigenvalue weighted by atomic mass is 16.5. The van der Waals surface area contributed by atoms with Crippen LogP contribution in [0.25, 0.3) is 5.57 Å². The zero-order valence-electron chi connectivity index (χ0n) is 15.6. The molecule has 1 aromatic rings. The molecule has 3 aliphatic rings. The van der Waals surface area contributed by atoms with Crippen LogP contribution in [-0.2, 0) is 25.5 Å². The summed E-state index contributed by atoms with van der Waals surface area (Å²) >= 11 is 0. The summed E-state index contributed by atoms with van der Waals surface area (Å²) in [7, 11) is 4.41. The van der Waals surface area contributed by atoms with E-state index in [4.69, 9.17) is 14.2 Å². The Morgan fingerprint density at radius 2 is 1.78 bits per heavy atom. The Bertz CT molecular complexity index is 902. The summed E-state index contributed by atoms with van der Waals surface area (Å²) in [5, 5.41) is 0. The van der Waals surface area contributed by atoms with Gasteiger partial charge in [0.1, 0.15) is 5.41 Å². The van der Waals surface area contributed by atoms with E-state index in [1.807, 2.05) is 6.07 Å². The highest BCUT2D eigenvalue weighted by Crippen LogP contribution is 2.54. The van der Waals surface area contributed by atoms with Crippen molar-refractivity contribution in [3.8, 4) is 11.5 Å². The number of hydrogen-bond acceptors (Lipinski definition) is 6. The Morgan fingerprint density at radius 1 is 1.07 bits per heavy atom. The van der Waals surface area contributed by atoms with E-state index in [9.17, 15) is 14.4 Å². The number of carbonyl (C=O) groups excluding carboxylic acids is 3. The van der Waals surface area contributed by atoms with Gasteiger partial charge in [-0.3, -0.25) is 14.4 Å². The molecule has 7 heteroatoms. The van der Waals surface area contributed by atoms with Gasteiger partial charge in [0.2, 0.25) is 5.91 Å². The van der Waals surface area contributed by atoms with Crippen LogP contribution in [0.3, 0.4) is 0 Å². The minimum absolute atomic E-state index is 0.0500. The summed E-state index contributed by atoms with van der Waals surface area (Å²) in [6, 6.07) is 3.62. The molecular formula is C20H21NO6. The molecule has 0 N–H and O–H groups in total. The van der Waals surface area contributed by atoms with Crippen molar-refractivity contribution in [1.29, 1.82) is 0 Å². The monoisotopic (exact) mass is 371 g/mol. The fraction of sp³-hybridized carbons (Fsp3) is 0.450. The van der Waals surface area contributed by atoms with Gasteiger partial charge in [-0.1, -0.05) is 0 Å². The normalized spacial score (nSPS) is 23.6. The number of fused-ring (bicyclic) bond motifs is 2. The molecular weight excluding hydrogens is 350 g/mol. The second-order valence-electron chi connectivity index (χ2n) is 7.06. The molecule has 0 saturated carbocycles. The predicted molar refractivity (Wildman–Crippen MR) is 95.2 cm³/mol. The molecule has 142 valence electrons. The smallest absolute Gasteiger partial charge is 0.318 e. The molecule has 27 heavy (non-hydrogen) atoms. The molecule has 1 atom stereocenters. The number of hydrogen-bond donors (Lipinski definition) is 0. The Hall–Kier alpha value is -2.83. The number of nitrogens with zero attached hydrogens (tertiary/aromatic N) is 1. The van der Waals surface area contributed by atoms with Crippen molar-refractivity contribution in [1.82, 2.24) is 4.90 Å². The number of ether oxygens (including phenoxy) is 3. The lowest BCUT2D eigenvalue weighted by atomic mass is 9.71. The first-order valence-corrected chi connectivity index (χ1v) is 8.89. The fourth-order valence-electron chi connectivity index (χ4n) is 4.56. The number of carbonyl (C=O) groups is 3. The van der Waals surface area contributed by atoms with E-state index in [2.05, 4.69) is 0 Å². The second-order valence-corrected chi connectivity index (χ2v) is 7.06. The third-order valence-electron chi connectivity index (χ3n) is 5.83. The highest BCUT2D eigenvalue weighted by Gasteiger charge is 2.58. The average Bonchev–Trinajstić information content (AvgIpc) is 2.86. The molecule has 1 amide bonds. The second kappa shape index (κ2) is 6.11. The van der Waals surface area contributed by atoms with Gasteiger partial charge in [-0.25, -0.2) is 0 Å². The van der Waals surface area contributed by atoms with Crippen molar-refractivity contribution in [2.24, 2.45) is 5.41 Å². The van der Waals surface area contributed by atoms with Crippen LogP contribution in [0.2, 0.25) is 0 Å². The Labute approximate surface area is 156 Å². The Kier molecular flexibility index (Phi) is 3.98. The van der Waals surface area contributed by atoms with Gasteiger partial charge in [-0.05, 0) is 36.1 Å². The molecule has 0 radical (unpaired) electrons. The summed E-state index contributed by atoms with van der Waals surface area (Å²) in [6.07, 6.45) is 1.10. The van der Waals surface area contributed by atoms with Gasteiger partial charge in [-0.2, -0.15) is 0 Å². The molecule has 0 aromatic heterocycles.